The number of hydrogen-bond acceptors (Lipinski definition) is 3. The van der Waals surface area contributed by atoms with Gasteiger partial charge in [-0.15, -0.1) is 0 Å². The minimum Gasteiger partial charge on any atom is -0.496 e. The van der Waals surface area contributed by atoms with Crippen LogP contribution in [-0.4, -0.2) is 49.5 Å². The van der Waals surface area contributed by atoms with Crippen molar-refractivity contribution in [3.8, 4) is 5.75 Å². The summed E-state index contributed by atoms with van der Waals surface area (Å²) in [6, 6.07) is 8.13. The van der Waals surface area contributed by atoms with Crippen LogP contribution in [0.2, 0.25) is 0 Å². The lowest BCUT2D eigenvalue weighted by Crippen LogP contribution is -2.30. The fourth-order valence-electron chi connectivity index (χ4n) is 2.90. The molecule has 0 N–H and O–H groups in total. The zero-order valence-electron chi connectivity index (χ0n) is 12.6. The van der Waals surface area contributed by atoms with Gasteiger partial charge in [-0.2, -0.15) is 0 Å². The third-order valence-corrected chi connectivity index (χ3v) is 3.93. The van der Waals surface area contributed by atoms with Crippen LogP contribution in [0.1, 0.15) is 18.9 Å². The van der Waals surface area contributed by atoms with Crippen molar-refractivity contribution in [3.63, 3.8) is 0 Å². The van der Waals surface area contributed by atoms with E-state index >= 15 is 0 Å². The minimum atomic E-state index is 0.194. The van der Waals surface area contributed by atoms with E-state index in [2.05, 4.69) is 18.0 Å². The largest absolute Gasteiger partial charge is 0.496 e. The lowest BCUT2D eigenvalue weighted by Gasteiger charge is -2.22. The van der Waals surface area contributed by atoms with Crippen molar-refractivity contribution in [2.45, 2.75) is 19.9 Å². The summed E-state index contributed by atoms with van der Waals surface area (Å²) in [5, 5.41) is 0. The molecule has 110 valence electrons. The standard InChI is InChI=1S/C16H24N2O2/c1-13(19)18-9-8-14(11-18)10-17(2)12-15-6-4-5-7-16(15)20-3/h4-7,14H,8-12H2,1-3H3/t14-/m0/s1. The number of amides is 1. The predicted molar refractivity (Wildman–Crippen MR) is 79.7 cm³/mol. The second-order valence-electron chi connectivity index (χ2n) is 5.63. The van der Waals surface area contributed by atoms with Crippen molar-refractivity contribution in [1.82, 2.24) is 9.80 Å². The molecule has 1 aliphatic rings. The van der Waals surface area contributed by atoms with Gasteiger partial charge in [-0.3, -0.25) is 4.79 Å². The van der Waals surface area contributed by atoms with Crippen LogP contribution in [-0.2, 0) is 11.3 Å². The van der Waals surface area contributed by atoms with Crippen LogP contribution < -0.4 is 4.74 Å². The summed E-state index contributed by atoms with van der Waals surface area (Å²) in [4.78, 5) is 15.6. The van der Waals surface area contributed by atoms with Gasteiger partial charge < -0.3 is 14.5 Å². The first-order valence-corrected chi connectivity index (χ1v) is 7.16. The fourth-order valence-corrected chi connectivity index (χ4v) is 2.90. The van der Waals surface area contributed by atoms with Gasteiger partial charge in [-0.25, -0.2) is 0 Å². The first-order valence-electron chi connectivity index (χ1n) is 7.16. The number of methoxy groups -OCH3 is 1. The van der Waals surface area contributed by atoms with Crippen LogP contribution in [0.5, 0.6) is 5.75 Å². The predicted octanol–water partition coefficient (Wildman–Crippen LogP) is 2.00. The summed E-state index contributed by atoms with van der Waals surface area (Å²) < 4.78 is 5.39. The summed E-state index contributed by atoms with van der Waals surface area (Å²) in [5.41, 5.74) is 1.21. The van der Waals surface area contributed by atoms with Crippen molar-refractivity contribution >= 4 is 5.91 Å². The van der Waals surface area contributed by atoms with Crippen molar-refractivity contribution in [2.24, 2.45) is 5.92 Å². The van der Waals surface area contributed by atoms with E-state index in [0.717, 1.165) is 38.3 Å². The molecule has 4 nitrogen and oxygen atoms in total. The highest BCUT2D eigenvalue weighted by molar-refractivity contribution is 5.73. The van der Waals surface area contributed by atoms with Crippen LogP contribution in [0.15, 0.2) is 24.3 Å². The molecule has 0 aliphatic carbocycles. The molecule has 0 saturated carbocycles. The molecule has 1 amide bonds. The van der Waals surface area contributed by atoms with Gasteiger partial charge in [0.05, 0.1) is 7.11 Å². The number of rotatable bonds is 5. The molecule has 0 bridgehead atoms. The van der Waals surface area contributed by atoms with Crippen molar-refractivity contribution in [2.75, 3.05) is 33.8 Å². The maximum Gasteiger partial charge on any atom is 0.219 e. The molecule has 0 radical (unpaired) electrons. The molecule has 0 spiro atoms. The summed E-state index contributed by atoms with van der Waals surface area (Å²) in [5.74, 6) is 1.72. The highest BCUT2D eigenvalue weighted by Crippen LogP contribution is 2.21. The van der Waals surface area contributed by atoms with Crippen LogP contribution in [0.4, 0.5) is 0 Å². The van der Waals surface area contributed by atoms with E-state index < -0.39 is 0 Å². The Morgan fingerprint density at radius 1 is 1.45 bits per heavy atom. The molecule has 20 heavy (non-hydrogen) atoms. The first kappa shape index (κ1) is 14.9. The molecule has 1 fully saturated rings. The molecule has 0 unspecified atom stereocenters. The normalized spacial score (nSPS) is 18.6. The van der Waals surface area contributed by atoms with E-state index in [-0.39, 0.29) is 5.91 Å². The third-order valence-electron chi connectivity index (χ3n) is 3.93. The van der Waals surface area contributed by atoms with E-state index in [1.54, 1.807) is 14.0 Å². The number of hydrogen-bond donors (Lipinski definition) is 0. The summed E-state index contributed by atoms with van der Waals surface area (Å²) >= 11 is 0. The number of nitrogens with zero attached hydrogens (tertiary/aromatic N) is 2. The number of carbonyl (C=O) groups is 1. The van der Waals surface area contributed by atoms with E-state index in [1.165, 1.54) is 5.56 Å². The highest BCUT2D eigenvalue weighted by atomic mass is 16.5. The Hall–Kier alpha value is -1.55. The van der Waals surface area contributed by atoms with Crippen molar-refractivity contribution in [1.29, 1.82) is 0 Å². The van der Waals surface area contributed by atoms with Crippen LogP contribution in [0.3, 0.4) is 0 Å². The number of benzene rings is 1. The Labute approximate surface area is 121 Å². The van der Waals surface area contributed by atoms with Gasteiger partial charge in [0.25, 0.3) is 0 Å². The quantitative estimate of drug-likeness (QED) is 0.824. The number of para-hydroxylation sites is 1. The SMILES string of the molecule is COc1ccccc1CN(C)C[C@@H]1CCN(C(C)=O)C1. The Balaban J connectivity index is 1.87. The minimum absolute atomic E-state index is 0.194. The maximum atomic E-state index is 11.3. The number of ether oxygens (including phenoxy) is 1. The Morgan fingerprint density at radius 2 is 2.20 bits per heavy atom. The molecule has 1 heterocycles. The van der Waals surface area contributed by atoms with Crippen LogP contribution in [0.25, 0.3) is 0 Å². The maximum absolute atomic E-state index is 11.3. The molecular weight excluding hydrogens is 252 g/mol. The molecular formula is C16H24N2O2. The van der Waals surface area contributed by atoms with E-state index in [1.807, 2.05) is 23.1 Å². The van der Waals surface area contributed by atoms with E-state index in [0.29, 0.717) is 5.92 Å². The van der Waals surface area contributed by atoms with Gasteiger partial charge in [0.1, 0.15) is 5.75 Å². The molecule has 2 rings (SSSR count). The topological polar surface area (TPSA) is 32.8 Å². The summed E-state index contributed by atoms with van der Waals surface area (Å²) in [7, 11) is 3.84. The molecule has 1 atom stereocenters. The van der Waals surface area contributed by atoms with Crippen LogP contribution >= 0.6 is 0 Å². The van der Waals surface area contributed by atoms with Gasteiger partial charge in [0.15, 0.2) is 0 Å². The molecule has 1 aliphatic heterocycles. The Bertz CT molecular complexity index is 462. The summed E-state index contributed by atoms with van der Waals surface area (Å²) in [6.45, 7) is 5.34. The van der Waals surface area contributed by atoms with Crippen LogP contribution in [0, 0.1) is 5.92 Å². The average molecular weight is 276 g/mol. The van der Waals surface area contributed by atoms with Gasteiger partial charge in [0.2, 0.25) is 5.91 Å². The molecule has 1 aromatic carbocycles. The Morgan fingerprint density at radius 3 is 2.85 bits per heavy atom. The van der Waals surface area contributed by atoms with Gasteiger partial charge in [-0.1, -0.05) is 18.2 Å². The molecule has 1 aromatic rings. The van der Waals surface area contributed by atoms with Gasteiger partial charge in [0, 0.05) is 38.7 Å². The lowest BCUT2D eigenvalue weighted by atomic mass is 10.1. The van der Waals surface area contributed by atoms with Crippen molar-refractivity contribution < 1.29 is 9.53 Å². The highest BCUT2D eigenvalue weighted by Gasteiger charge is 2.25. The van der Waals surface area contributed by atoms with E-state index in [9.17, 15) is 4.79 Å². The summed E-state index contributed by atoms with van der Waals surface area (Å²) in [6.07, 6.45) is 1.11. The first-order chi connectivity index (χ1) is 9.60. The second-order valence-corrected chi connectivity index (χ2v) is 5.63. The average Bonchev–Trinajstić information content (AvgIpc) is 2.88. The lowest BCUT2D eigenvalue weighted by molar-refractivity contribution is -0.127. The third kappa shape index (κ3) is 3.73. The number of likely N-dealkylation sites (tertiary alicyclic amines) is 1. The van der Waals surface area contributed by atoms with Crippen molar-refractivity contribution in [3.05, 3.63) is 29.8 Å². The van der Waals surface area contributed by atoms with Gasteiger partial charge >= 0.3 is 0 Å². The molecule has 0 aromatic heterocycles. The fraction of sp³-hybridized carbons (Fsp3) is 0.562. The smallest absolute Gasteiger partial charge is 0.219 e. The van der Waals surface area contributed by atoms with E-state index in [4.69, 9.17) is 4.74 Å². The molecule has 4 heteroatoms. The zero-order valence-corrected chi connectivity index (χ0v) is 12.6. The number of carbonyl (C=O) groups excluding carboxylic acids is 1. The van der Waals surface area contributed by atoms with Gasteiger partial charge in [-0.05, 0) is 25.5 Å². The zero-order chi connectivity index (χ0) is 14.5. The Kier molecular flexibility index (Phi) is 5.01. The second kappa shape index (κ2) is 6.75. The molecule has 1 saturated heterocycles. The monoisotopic (exact) mass is 276 g/mol.